The lowest BCUT2D eigenvalue weighted by atomic mass is 10.2. The summed E-state index contributed by atoms with van der Waals surface area (Å²) in [5.74, 6) is 0.218. The predicted molar refractivity (Wildman–Crippen MR) is 65.9 cm³/mol. The Kier molecular flexibility index (Phi) is 3.93. The number of hydrogen-bond donors (Lipinski definition) is 0. The molecule has 18 heavy (non-hydrogen) atoms. The number of ether oxygens (including phenoxy) is 1. The molecule has 1 unspecified atom stereocenters. The molecule has 1 saturated heterocycles. The van der Waals surface area contributed by atoms with Crippen LogP contribution >= 0.6 is 11.6 Å². The fourth-order valence-corrected chi connectivity index (χ4v) is 2.16. The summed E-state index contributed by atoms with van der Waals surface area (Å²) >= 11 is 5.73. The maximum atomic E-state index is 11.0. The first-order chi connectivity index (χ1) is 8.59. The molecular weight excluding hydrogens is 260 g/mol. The second-order valence-corrected chi connectivity index (χ2v) is 4.47. The molecule has 0 N–H and O–H groups in total. The van der Waals surface area contributed by atoms with E-state index < -0.39 is 4.92 Å². The van der Waals surface area contributed by atoms with E-state index in [1.54, 1.807) is 11.9 Å². The van der Waals surface area contributed by atoms with Crippen LogP contribution in [-0.4, -0.2) is 41.2 Å². The van der Waals surface area contributed by atoms with E-state index in [1.165, 1.54) is 6.33 Å². The highest BCUT2D eigenvalue weighted by Gasteiger charge is 2.26. The Morgan fingerprint density at radius 3 is 3.06 bits per heavy atom. The SMILES string of the molecule is CN(CC1CCCO1)c1ncnc(Cl)c1[N+](=O)[O-]. The van der Waals surface area contributed by atoms with Gasteiger partial charge < -0.3 is 9.64 Å². The van der Waals surface area contributed by atoms with Crippen LogP contribution in [0.2, 0.25) is 5.15 Å². The Bertz CT molecular complexity index is 451. The average Bonchev–Trinajstić information content (AvgIpc) is 2.80. The van der Waals surface area contributed by atoms with Gasteiger partial charge in [-0.3, -0.25) is 10.1 Å². The van der Waals surface area contributed by atoms with Crippen LogP contribution < -0.4 is 4.90 Å². The molecule has 0 amide bonds. The number of hydrogen-bond acceptors (Lipinski definition) is 6. The van der Waals surface area contributed by atoms with Crippen LogP contribution in [0, 0.1) is 10.1 Å². The van der Waals surface area contributed by atoms with E-state index >= 15 is 0 Å². The molecule has 1 aliphatic rings. The van der Waals surface area contributed by atoms with E-state index in [1.807, 2.05) is 0 Å². The van der Waals surface area contributed by atoms with Crippen molar-refractivity contribution < 1.29 is 9.66 Å². The molecule has 1 aromatic rings. The molecule has 0 saturated carbocycles. The molecule has 0 spiro atoms. The third kappa shape index (κ3) is 2.68. The summed E-state index contributed by atoms with van der Waals surface area (Å²) in [6.45, 7) is 1.29. The van der Waals surface area contributed by atoms with Crippen LogP contribution in [-0.2, 0) is 4.74 Å². The first kappa shape index (κ1) is 13.0. The number of likely N-dealkylation sites (N-methyl/N-ethyl adjacent to an activating group) is 1. The van der Waals surface area contributed by atoms with Crippen molar-refractivity contribution in [1.29, 1.82) is 0 Å². The highest BCUT2D eigenvalue weighted by atomic mass is 35.5. The van der Waals surface area contributed by atoms with Gasteiger partial charge in [-0.05, 0) is 12.8 Å². The molecule has 2 rings (SSSR count). The lowest BCUT2D eigenvalue weighted by Gasteiger charge is -2.21. The van der Waals surface area contributed by atoms with Gasteiger partial charge >= 0.3 is 5.69 Å². The average molecular weight is 273 g/mol. The van der Waals surface area contributed by atoms with Gasteiger partial charge in [-0.15, -0.1) is 0 Å². The third-order valence-corrected chi connectivity index (χ3v) is 3.08. The van der Waals surface area contributed by atoms with Crippen LogP contribution in [0.5, 0.6) is 0 Å². The maximum Gasteiger partial charge on any atom is 0.348 e. The van der Waals surface area contributed by atoms with Crippen molar-refractivity contribution in [3.05, 3.63) is 21.6 Å². The first-order valence-corrected chi connectivity index (χ1v) is 5.95. The zero-order valence-electron chi connectivity index (χ0n) is 9.87. The minimum atomic E-state index is -0.566. The minimum Gasteiger partial charge on any atom is -0.376 e. The van der Waals surface area contributed by atoms with Crippen molar-refractivity contribution in [3.63, 3.8) is 0 Å². The molecule has 0 aliphatic carbocycles. The third-order valence-electron chi connectivity index (χ3n) is 2.80. The van der Waals surface area contributed by atoms with Crippen molar-refractivity contribution in [2.75, 3.05) is 25.1 Å². The van der Waals surface area contributed by atoms with E-state index in [2.05, 4.69) is 9.97 Å². The molecule has 1 aliphatic heterocycles. The second-order valence-electron chi connectivity index (χ2n) is 4.11. The van der Waals surface area contributed by atoms with E-state index in [9.17, 15) is 10.1 Å². The second kappa shape index (κ2) is 5.45. The molecule has 0 aromatic carbocycles. The van der Waals surface area contributed by atoms with Gasteiger partial charge in [0.25, 0.3) is 0 Å². The fourth-order valence-electron chi connectivity index (χ4n) is 1.97. The van der Waals surface area contributed by atoms with Gasteiger partial charge in [0.1, 0.15) is 6.33 Å². The molecule has 8 heteroatoms. The summed E-state index contributed by atoms with van der Waals surface area (Å²) in [6.07, 6.45) is 3.28. The lowest BCUT2D eigenvalue weighted by Crippen LogP contribution is -2.29. The van der Waals surface area contributed by atoms with Crippen molar-refractivity contribution in [3.8, 4) is 0 Å². The Hall–Kier alpha value is -1.47. The Labute approximate surface area is 109 Å². The maximum absolute atomic E-state index is 11.0. The van der Waals surface area contributed by atoms with Crippen molar-refractivity contribution >= 4 is 23.1 Å². The summed E-state index contributed by atoms with van der Waals surface area (Å²) in [7, 11) is 1.73. The highest BCUT2D eigenvalue weighted by Crippen LogP contribution is 2.31. The number of aromatic nitrogens is 2. The molecule has 1 aromatic heterocycles. The van der Waals surface area contributed by atoms with Crippen LogP contribution in [0.4, 0.5) is 11.5 Å². The van der Waals surface area contributed by atoms with E-state index in [0.29, 0.717) is 6.54 Å². The number of nitrogens with zero attached hydrogens (tertiary/aromatic N) is 4. The Morgan fingerprint density at radius 2 is 2.44 bits per heavy atom. The van der Waals surface area contributed by atoms with Gasteiger partial charge in [-0.2, -0.15) is 0 Å². The molecule has 7 nitrogen and oxygen atoms in total. The van der Waals surface area contributed by atoms with Gasteiger partial charge in [0.2, 0.25) is 11.0 Å². The zero-order valence-corrected chi connectivity index (χ0v) is 10.6. The summed E-state index contributed by atoms with van der Waals surface area (Å²) in [5.41, 5.74) is -0.264. The number of nitro groups is 1. The van der Waals surface area contributed by atoms with Crippen molar-refractivity contribution in [2.24, 2.45) is 0 Å². The quantitative estimate of drug-likeness (QED) is 0.471. The van der Waals surface area contributed by atoms with Crippen molar-refractivity contribution in [1.82, 2.24) is 9.97 Å². The smallest absolute Gasteiger partial charge is 0.348 e. The van der Waals surface area contributed by atoms with Gasteiger partial charge in [0.05, 0.1) is 11.0 Å². The van der Waals surface area contributed by atoms with Gasteiger partial charge in [0, 0.05) is 20.2 Å². The minimum absolute atomic E-state index is 0.0864. The molecule has 1 atom stereocenters. The molecule has 0 radical (unpaired) electrons. The summed E-state index contributed by atoms with van der Waals surface area (Å²) in [6, 6.07) is 0. The zero-order chi connectivity index (χ0) is 13.1. The normalized spacial score (nSPS) is 18.9. The van der Waals surface area contributed by atoms with Gasteiger partial charge in [0.15, 0.2) is 0 Å². The van der Waals surface area contributed by atoms with Crippen LogP contribution in [0.25, 0.3) is 0 Å². The topological polar surface area (TPSA) is 81.4 Å². The van der Waals surface area contributed by atoms with E-state index in [4.69, 9.17) is 16.3 Å². The predicted octanol–water partition coefficient (Wildman–Crippen LogP) is 1.65. The van der Waals surface area contributed by atoms with E-state index in [-0.39, 0.29) is 22.8 Å². The molecule has 1 fully saturated rings. The summed E-state index contributed by atoms with van der Waals surface area (Å²) < 4.78 is 5.49. The largest absolute Gasteiger partial charge is 0.376 e. The van der Waals surface area contributed by atoms with Crippen LogP contribution in [0.3, 0.4) is 0 Å². The molecule has 0 bridgehead atoms. The summed E-state index contributed by atoms with van der Waals surface area (Å²) in [5, 5.41) is 10.8. The first-order valence-electron chi connectivity index (χ1n) is 5.57. The molecular formula is C10H13ClN4O3. The van der Waals surface area contributed by atoms with Crippen LogP contribution in [0.1, 0.15) is 12.8 Å². The Balaban J connectivity index is 2.20. The van der Waals surface area contributed by atoms with Gasteiger partial charge in [-0.1, -0.05) is 11.6 Å². The fraction of sp³-hybridized carbons (Fsp3) is 0.600. The Morgan fingerprint density at radius 1 is 1.67 bits per heavy atom. The molecule has 2 heterocycles. The van der Waals surface area contributed by atoms with Crippen molar-refractivity contribution in [2.45, 2.75) is 18.9 Å². The van der Waals surface area contributed by atoms with Crippen LogP contribution in [0.15, 0.2) is 6.33 Å². The molecule has 98 valence electrons. The number of anilines is 1. The summed E-state index contributed by atoms with van der Waals surface area (Å²) in [4.78, 5) is 19.6. The number of halogens is 1. The van der Waals surface area contributed by atoms with Gasteiger partial charge in [-0.25, -0.2) is 9.97 Å². The monoisotopic (exact) mass is 272 g/mol. The van der Waals surface area contributed by atoms with E-state index in [0.717, 1.165) is 19.4 Å². The standard InChI is InChI=1S/C10H13ClN4O3/c1-14(5-7-3-2-4-18-7)10-8(15(16)17)9(11)12-6-13-10/h6-7H,2-5H2,1H3. The highest BCUT2D eigenvalue weighted by molar-refractivity contribution is 6.31. The number of rotatable bonds is 4. The lowest BCUT2D eigenvalue weighted by molar-refractivity contribution is -0.384.